The maximum absolute atomic E-state index is 14.6. The van der Waals surface area contributed by atoms with Crippen LogP contribution in [0.25, 0.3) is 0 Å². The Labute approximate surface area is 146 Å². The van der Waals surface area contributed by atoms with Crippen LogP contribution in [0.5, 0.6) is 0 Å². The van der Waals surface area contributed by atoms with Gasteiger partial charge in [0, 0.05) is 5.92 Å². The van der Waals surface area contributed by atoms with Gasteiger partial charge in [-0.05, 0) is 41.9 Å². The third-order valence-electron chi connectivity index (χ3n) is 5.35. The molecule has 4 nitrogen and oxygen atoms in total. The SMILES string of the molecule is C[C@@H]1CC=C2C(C#N)=C(N)C(C#N)(C#N)[C@H](c3ccccc3F)[C@H]2C1. The molecule has 1 aromatic carbocycles. The van der Waals surface area contributed by atoms with Crippen molar-refractivity contribution < 1.29 is 4.39 Å². The van der Waals surface area contributed by atoms with E-state index in [0.717, 1.165) is 12.0 Å². The van der Waals surface area contributed by atoms with E-state index in [1.54, 1.807) is 18.2 Å². The zero-order valence-electron chi connectivity index (χ0n) is 13.8. The molecule has 0 saturated carbocycles. The monoisotopic (exact) mass is 332 g/mol. The highest BCUT2D eigenvalue weighted by atomic mass is 19.1. The third-order valence-corrected chi connectivity index (χ3v) is 5.35. The van der Waals surface area contributed by atoms with Gasteiger partial charge >= 0.3 is 0 Å². The lowest BCUT2D eigenvalue weighted by atomic mass is 9.56. The molecule has 2 aliphatic rings. The van der Waals surface area contributed by atoms with Crippen LogP contribution in [0, 0.1) is 57.1 Å². The van der Waals surface area contributed by atoms with Crippen LogP contribution in [-0.2, 0) is 0 Å². The van der Waals surface area contributed by atoms with Gasteiger partial charge in [0.05, 0.1) is 23.4 Å². The molecule has 0 saturated heterocycles. The van der Waals surface area contributed by atoms with Gasteiger partial charge in [-0.1, -0.05) is 31.2 Å². The summed E-state index contributed by atoms with van der Waals surface area (Å²) in [7, 11) is 0. The Morgan fingerprint density at radius 2 is 1.88 bits per heavy atom. The van der Waals surface area contributed by atoms with E-state index in [1.165, 1.54) is 6.07 Å². The van der Waals surface area contributed by atoms with Gasteiger partial charge in [0.15, 0.2) is 5.41 Å². The summed E-state index contributed by atoms with van der Waals surface area (Å²) in [4.78, 5) is 0. The molecule has 1 aromatic rings. The number of nitriles is 3. The molecule has 5 heteroatoms. The standard InChI is InChI=1S/C20H17FN4/c1-12-6-7-13-15(8-12)18(14-4-2-3-5-17(14)21)20(10-23,11-24)19(25)16(13)9-22/h2-5,7,12,15,18H,6,8,25H2,1H3/t12-,15+,18-/m1/s1. The molecule has 0 amide bonds. The highest BCUT2D eigenvalue weighted by Crippen LogP contribution is 2.56. The Balaban J connectivity index is 2.37. The lowest BCUT2D eigenvalue weighted by Gasteiger charge is -2.44. The maximum Gasteiger partial charge on any atom is 0.191 e. The van der Waals surface area contributed by atoms with Crippen molar-refractivity contribution in [3.05, 3.63) is 58.6 Å². The van der Waals surface area contributed by atoms with E-state index in [0.29, 0.717) is 17.9 Å². The minimum atomic E-state index is -1.76. The fourth-order valence-corrected chi connectivity index (χ4v) is 4.15. The van der Waals surface area contributed by atoms with Crippen LogP contribution >= 0.6 is 0 Å². The molecular weight excluding hydrogens is 315 g/mol. The van der Waals surface area contributed by atoms with Crippen molar-refractivity contribution in [3.63, 3.8) is 0 Å². The summed E-state index contributed by atoms with van der Waals surface area (Å²) in [5.74, 6) is -1.18. The van der Waals surface area contributed by atoms with E-state index < -0.39 is 17.2 Å². The molecule has 2 N–H and O–H groups in total. The van der Waals surface area contributed by atoms with E-state index in [4.69, 9.17) is 5.73 Å². The lowest BCUT2D eigenvalue weighted by Crippen LogP contribution is -2.43. The highest BCUT2D eigenvalue weighted by Gasteiger charge is 2.54. The number of hydrogen-bond acceptors (Lipinski definition) is 4. The number of nitrogens with two attached hydrogens (primary N) is 1. The van der Waals surface area contributed by atoms with Gasteiger partial charge in [-0.3, -0.25) is 0 Å². The van der Waals surface area contributed by atoms with Gasteiger partial charge in [-0.2, -0.15) is 15.8 Å². The molecule has 0 fully saturated rings. The zero-order chi connectivity index (χ0) is 18.2. The van der Waals surface area contributed by atoms with Crippen LogP contribution in [0.1, 0.15) is 31.2 Å². The van der Waals surface area contributed by atoms with E-state index in [1.807, 2.05) is 18.2 Å². The molecule has 0 bridgehead atoms. The summed E-state index contributed by atoms with van der Waals surface area (Å²) >= 11 is 0. The molecular formula is C20H17FN4. The van der Waals surface area contributed by atoms with Crippen molar-refractivity contribution in [2.45, 2.75) is 25.7 Å². The predicted molar refractivity (Wildman–Crippen MR) is 89.6 cm³/mol. The lowest BCUT2D eigenvalue weighted by molar-refractivity contribution is 0.278. The van der Waals surface area contributed by atoms with E-state index >= 15 is 0 Å². The number of rotatable bonds is 1. The average Bonchev–Trinajstić information content (AvgIpc) is 2.62. The van der Waals surface area contributed by atoms with E-state index in [9.17, 15) is 20.2 Å². The molecule has 124 valence electrons. The number of halogens is 1. The number of allylic oxidation sites excluding steroid dienone is 4. The van der Waals surface area contributed by atoms with Crippen molar-refractivity contribution >= 4 is 0 Å². The average molecular weight is 332 g/mol. The Morgan fingerprint density at radius 3 is 2.48 bits per heavy atom. The van der Waals surface area contributed by atoms with Gasteiger partial charge in [-0.25, -0.2) is 4.39 Å². The summed E-state index contributed by atoms with van der Waals surface area (Å²) in [6.07, 6.45) is 3.42. The van der Waals surface area contributed by atoms with Crippen molar-refractivity contribution in [1.82, 2.24) is 0 Å². The van der Waals surface area contributed by atoms with Gasteiger partial charge in [0.1, 0.15) is 11.9 Å². The second kappa shape index (κ2) is 6.08. The van der Waals surface area contributed by atoms with E-state index in [2.05, 4.69) is 13.0 Å². The van der Waals surface area contributed by atoms with Crippen LogP contribution in [0.3, 0.4) is 0 Å². The molecule has 3 atom stereocenters. The molecule has 25 heavy (non-hydrogen) atoms. The van der Waals surface area contributed by atoms with Crippen LogP contribution < -0.4 is 5.73 Å². The van der Waals surface area contributed by atoms with Crippen molar-refractivity contribution in [3.8, 4) is 18.2 Å². The smallest absolute Gasteiger partial charge is 0.191 e. The predicted octanol–water partition coefficient (Wildman–Crippen LogP) is 3.67. The summed E-state index contributed by atoms with van der Waals surface area (Å²) in [6, 6.07) is 12.3. The molecule has 2 aliphatic carbocycles. The van der Waals surface area contributed by atoms with Crippen LogP contribution in [0.15, 0.2) is 47.2 Å². The normalized spacial score (nSPS) is 27.3. The summed E-state index contributed by atoms with van der Waals surface area (Å²) in [5, 5.41) is 29.3. The molecule has 0 heterocycles. The topological polar surface area (TPSA) is 97.4 Å². The van der Waals surface area contributed by atoms with Gasteiger partial charge in [-0.15, -0.1) is 0 Å². The second-order valence-electron chi connectivity index (χ2n) is 6.77. The Kier molecular flexibility index (Phi) is 4.07. The number of nitrogens with zero attached hydrogens (tertiary/aromatic N) is 3. The van der Waals surface area contributed by atoms with Gasteiger partial charge < -0.3 is 5.73 Å². The van der Waals surface area contributed by atoms with Gasteiger partial charge in [0.25, 0.3) is 0 Å². The highest BCUT2D eigenvalue weighted by molar-refractivity contribution is 5.59. The largest absolute Gasteiger partial charge is 0.399 e. The summed E-state index contributed by atoms with van der Waals surface area (Å²) in [5.41, 5.74) is 5.58. The summed E-state index contributed by atoms with van der Waals surface area (Å²) < 4.78 is 14.6. The molecule has 0 unspecified atom stereocenters. The maximum atomic E-state index is 14.6. The van der Waals surface area contributed by atoms with Crippen LogP contribution in [0.4, 0.5) is 4.39 Å². The minimum absolute atomic E-state index is 0.0645. The first-order chi connectivity index (χ1) is 12.0. The Hall–Kier alpha value is -3.10. The zero-order valence-corrected chi connectivity index (χ0v) is 13.8. The Bertz CT molecular complexity index is 893. The number of fused-ring (bicyclic) bond motifs is 1. The number of benzene rings is 1. The van der Waals surface area contributed by atoms with Crippen molar-refractivity contribution in [1.29, 1.82) is 15.8 Å². The molecule has 0 aromatic heterocycles. The second-order valence-corrected chi connectivity index (χ2v) is 6.77. The van der Waals surface area contributed by atoms with E-state index in [-0.39, 0.29) is 17.2 Å². The molecule has 0 spiro atoms. The fourth-order valence-electron chi connectivity index (χ4n) is 4.15. The summed E-state index contributed by atoms with van der Waals surface area (Å²) in [6.45, 7) is 2.07. The molecule has 0 aliphatic heterocycles. The molecule has 0 radical (unpaired) electrons. The third kappa shape index (κ3) is 2.31. The Morgan fingerprint density at radius 1 is 1.20 bits per heavy atom. The van der Waals surface area contributed by atoms with Crippen molar-refractivity contribution in [2.24, 2.45) is 23.0 Å². The fraction of sp³-hybridized carbons (Fsp3) is 0.350. The van der Waals surface area contributed by atoms with Crippen molar-refractivity contribution in [2.75, 3.05) is 0 Å². The first-order valence-corrected chi connectivity index (χ1v) is 8.17. The first-order valence-electron chi connectivity index (χ1n) is 8.17. The van der Waals surface area contributed by atoms with Crippen LogP contribution in [0.2, 0.25) is 0 Å². The van der Waals surface area contributed by atoms with Crippen LogP contribution in [-0.4, -0.2) is 0 Å². The first kappa shape index (κ1) is 16.7. The molecule has 3 rings (SSSR count). The minimum Gasteiger partial charge on any atom is -0.399 e. The van der Waals surface area contributed by atoms with Gasteiger partial charge in [0.2, 0.25) is 0 Å². The number of hydrogen-bond donors (Lipinski definition) is 1. The quantitative estimate of drug-likeness (QED) is 0.848.